The van der Waals surface area contributed by atoms with Gasteiger partial charge in [-0.3, -0.25) is 4.99 Å². The van der Waals surface area contributed by atoms with Crippen LogP contribution < -0.4 is 15.4 Å². The lowest BCUT2D eigenvalue weighted by Crippen LogP contribution is -2.44. The highest BCUT2D eigenvalue weighted by Gasteiger charge is 2.11. The van der Waals surface area contributed by atoms with E-state index in [2.05, 4.69) is 47.4 Å². The van der Waals surface area contributed by atoms with Crippen molar-refractivity contribution in [3.63, 3.8) is 0 Å². The van der Waals surface area contributed by atoms with Crippen molar-refractivity contribution in [2.75, 3.05) is 34.3 Å². The smallest absolute Gasteiger partial charge is 0.193 e. The summed E-state index contributed by atoms with van der Waals surface area (Å²) in [6.45, 7) is 8.96. The Kier molecular flexibility index (Phi) is 7.18. The highest BCUT2D eigenvalue weighted by Crippen LogP contribution is 2.18. The van der Waals surface area contributed by atoms with E-state index in [0.717, 1.165) is 36.9 Å². The van der Waals surface area contributed by atoms with Crippen LogP contribution in [0.3, 0.4) is 0 Å². The summed E-state index contributed by atoms with van der Waals surface area (Å²) in [6.07, 6.45) is 0. The first kappa shape index (κ1) is 18.3. The molecule has 0 spiro atoms. The van der Waals surface area contributed by atoms with Crippen LogP contribution in [0.4, 0.5) is 0 Å². The Morgan fingerprint density at radius 3 is 2.50 bits per heavy atom. The Hall–Kier alpha value is -1.75. The van der Waals surface area contributed by atoms with E-state index in [4.69, 9.17) is 4.74 Å². The fraction of sp³-hybridized carbons (Fsp3) is 0.588. The van der Waals surface area contributed by atoms with Gasteiger partial charge in [0.2, 0.25) is 0 Å². The van der Waals surface area contributed by atoms with Crippen LogP contribution in [0.1, 0.15) is 26.3 Å². The summed E-state index contributed by atoms with van der Waals surface area (Å²) >= 11 is 0. The van der Waals surface area contributed by atoms with Gasteiger partial charge in [0.05, 0.1) is 7.11 Å². The maximum absolute atomic E-state index is 5.40. The minimum absolute atomic E-state index is 0.133. The quantitative estimate of drug-likeness (QED) is 0.480. The van der Waals surface area contributed by atoms with Crippen LogP contribution in [0.5, 0.6) is 5.75 Å². The zero-order valence-electron chi connectivity index (χ0n) is 14.7. The summed E-state index contributed by atoms with van der Waals surface area (Å²) in [5.74, 6) is 1.78. The first-order chi connectivity index (χ1) is 10.4. The van der Waals surface area contributed by atoms with Crippen molar-refractivity contribution >= 4 is 5.96 Å². The number of hydrogen-bond acceptors (Lipinski definition) is 3. The molecule has 1 aromatic rings. The van der Waals surface area contributed by atoms with Gasteiger partial charge in [0, 0.05) is 44.8 Å². The molecule has 0 aliphatic rings. The molecule has 0 saturated carbocycles. The number of benzene rings is 1. The third-order valence-electron chi connectivity index (χ3n) is 3.24. The Morgan fingerprint density at radius 2 is 1.91 bits per heavy atom. The zero-order valence-corrected chi connectivity index (χ0v) is 14.7. The molecule has 0 aromatic heterocycles. The molecule has 0 bridgehead atoms. The van der Waals surface area contributed by atoms with Crippen LogP contribution >= 0.6 is 0 Å². The number of rotatable bonds is 6. The molecule has 1 rings (SSSR count). The monoisotopic (exact) mass is 306 g/mol. The normalized spacial score (nSPS) is 12.2. The van der Waals surface area contributed by atoms with Gasteiger partial charge in [0.25, 0.3) is 0 Å². The van der Waals surface area contributed by atoms with Crippen LogP contribution in [-0.4, -0.2) is 50.7 Å². The number of hydrogen-bond donors (Lipinski definition) is 2. The molecule has 0 saturated heterocycles. The lowest BCUT2D eigenvalue weighted by atomic mass is 10.1. The molecule has 5 heteroatoms. The van der Waals surface area contributed by atoms with Gasteiger partial charge in [-0.25, -0.2) is 0 Å². The Labute approximate surface area is 134 Å². The van der Waals surface area contributed by atoms with Crippen LogP contribution in [0, 0.1) is 0 Å². The van der Waals surface area contributed by atoms with E-state index in [9.17, 15) is 0 Å². The Bertz CT molecular complexity index is 480. The SMILES string of the molecule is CN=C(NCCNC(C)(C)C)N(C)Cc1ccccc1OC. The average molecular weight is 306 g/mol. The average Bonchev–Trinajstić information content (AvgIpc) is 2.46. The van der Waals surface area contributed by atoms with Crippen molar-refractivity contribution in [1.82, 2.24) is 15.5 Å². The van der Waals surface area contributed by atoms with Gasteiger partial charge in [0.1, 0.15) is 5.75 Å². The zero-order chi connectivity index (χ0) is 16.6. The molecule has 0 atom stereocenters. The van der Waals surface area contributed by atoms with Crippen LogP contribution in [0.2, 0.25) is 0 Å². The number of para-hydroxylation sites is 1. The second-order valence-electron chi connectivity index (χ2n) is 6.32. The van der Waals surface area contributed by atoms with Crippen molar-refractivity contribution in [2.24, 2.45) is 4.99 Å². The minimum atomic E-state index is 0.133. The van der Waals surface area contributed by atoms with Crippen LogP contribution in [0.25, 0.3) is 0 Å². The molecule has 0 aliphatic heterocycles. The van der Waals surface area contributed by atoms with E-state index >= 15 is 0 Å². The van der Waals surface area contributed by atoms with Crippen molar-refractivity contribution < 1.29 is 4.74 Å². The summed E-state index contributed by atoms with van der Waals surface area (Å²) < 4.78 is 5.40. The van der Waals surface area contributed by atoms with Crippen LogP contribution in [-0.2, 0) is 6.54 Å². The lowest BCUT2D eigenvalue weighted by molar-refractivity contribution is 0.394. The summed E-state index contributed by atoms with van der Waals surface area (Å²) in [5.41, 5.74) is 1.28. The number of ether oxygens (including phenoxy) is 1. The molecule has 22 heavy (non-hydrogen) atoms. The molecule has 2 N–H and O–H groups in total. The maximum Gasteiger partial charge on any atom is 0.193 e. The second-order valence-corrected chi connectivity index (χ2v) is 6.32. The van der Waals surface area contributed by atoms with E-state index in [0.29, 0.717) is 0 Å². The second kappa shape index (κ2) is 8.63. The van der Waals surface area contributed by atoms with Gasteiger partial charge in [-0.15, -0.1) is 0 Å². The number of aliphatic imine (C=N–C) groups is 1. The standard InChI is InChI=1S/C17H30N4O/c1-17(2,3)20-12-11-19-16(18-4)21(5)13-14-9-7-8-10-15(14)22-6/h7-10,20H,11-13H2,1-6H3,(H,18,19). The highest BCUT2D eigenvalue weighted by molar-refractivity contribution is 5.79. The van der Waals surface area contributed by atoms with E-state index < -0.39 is 0 Å². The number of guanidine groups is 1. The topological polar surface area (TPSA) is 48.9 Å². The van der Waals surface area contributed by atoms with Crippen molar-refractivity contribution in [3.8, 4) is 5.75 Å². The minimum Gasteiger partial charge on any atom is -0.496 e. The first-order valence-electron chi connectivity index (χ1n) is 7.66. The number of nitrogens with one attached hydrogen (secondary N) is 2. The summed E-state index contributed by atoms with van der Waals surface area (Å²) in [5, 5.41) is 6.82. The van der Waals surface area contributed by atoms with Gasteiger partial charge in [0.15, 0.2) is 5.96 Å². The predicted octanol–water partition coefficient (Wildman–Crippen LogP) is 2.09. The molecule has 0 heterocycles. The third-order valence-corrected chi connectivity index (χ3v) is 3.24. The van der Waals surface area contributed by atoms with Gasteiger partial charge in [-0.1, -0.05) is 18.2 Å². The number of methoxy groups -OCH3 is 1. The lowest BCUT2D eigenvalue weighted by Gasteiger charge is -2.25. The predicted molar refractivity (Wildman–Crippen MR) is 93.6 cm³/mol. The van der Waals surface area contributed by atoms with Crippen LogP contribution in [0.15, 0.2) is 29.3 Å². The molecular weight excluding hydrogens is 276 g/mol. The first-order valence-corrected chi connectivity index (χ1v) is 7.66. The van der Waals surface area contributed by atoms with Crippen molar-refractivity contribution in [1.29, 1.82) is 0 Å². The highest BCUT2D eigenvalue weighted by atomic mass is 16.5. The molecule has 1 aromatic carbocycles. The Morgan fingerprint density at radius 1 is 1.23 bits per heavy atom. The molecule has 0 radical (unpaired) electrons. The molecular formula is C17H30N4O. The van der Waals surface area contributed by atoms with Gasteiger partial charge >= 0.3 is 0 Å². The third kappa shape index (κ3) is 6.35. The largest absolute Gasteiger partial charge is 0.496 e. The fourth-order valence-corrected chi connectivity index (χ4v) is 2.16. The van der Waals surface area contributed by atoms with Gasteiger partial charge in [-0.05, 0) is 26.8 Å². The number of nitrogens with zero attached hydrogens (tertiary/aromatic N) is 2. The molecule has 124 valence electrons. The molecule has 0 fully saturated rings. The Balaban J connectivity index is 2.53. The molecule has 0 amide bonds. The summed E-state index contributed by atoms with van der Waals surface area (Å²) in [7, 11) is 5.53. The van der Waals surface area contributed by atoms with Gasteiger partial charge in [-0.2, -0.15) is 0 Å². The maximum atomic E-state index is 5.40. The molecule has 0 unspecified atom stereocenters. The van der Waals surface area contributed by atoms with E-state index in [-0.39, 0.29) is 5.54 Å². The van der Waals surface area contributed by atoms with Crippen molar-refractivity contribution in [3.05, 3.63) is 29.8 Å². The molecule has 5 nitrogen and oxygen atoms in total. The van der Waals surface area contributed by atoms with Crippen molar-refractivity contribution in [2.45, 2.75) is 32.9 Å². The van der Waals surface area contributed by atoms with E-state index in [1.54, 1.807) is 14.2 Å². The summed E-state index contributed by atoms with van der Waals surface area (Å²) in [6, 6.07) is 8.05. The fourth-order valence-electron chi connectivity index (χ4n) is 2.16. The van der Waals surface area contributed by atoms with E-state index in [1.807, 2.05) is 25.2 Å². The molecule has 0 aliphatic carbocycles. The van der Waals surface area contributed by atoms with E-state index in [1.165, 1.54) is 0 Å². The van der Waals surface area contributed by atoms with Gasteiger partial charge < -0.3 is 20.3 Å². The summed E-state index contributed by atoms with van der Waals surface area (Å²) in [4.78, 5) is 6.43.